The molecule has 25 heavy (non-hydrogen) atoms. The molecule has 3 atom stereocenters. The number of fused-ring (bicyclic) bond motifs is 3. The smallest absolute Gasteiger partial charge is 0.258 e. The Morgan fingerprint density at radius 2 is 1.76 bits per heavy atom. The molecule has 2 aliphatic heterocycles. The van der Waals surface area contributed by atoms with Crippen molar-refractivity contribution in [2.45, 2.75) is 24.9 Å². The Hall–Kier alpha value is -2.66. The van der Waals surface area contributed by atoms with Gasteiger partial charge in [0.25, 0.3) is 5.91 Å². The van der Waals surface area contributed by atoms with Crippen LogP contribution in [0.2, 0.25) is 0 Å². The number of hydrogen-bond donors (Lipinski definition) is 1. The highest BCUT2D eigenvalue weighted by molar-refractivity contribution is 6.07. The number of nitrogens with zero attached hydrogens (tertiary/aromatic N) is 2. The van der Waals surface area contributed by atoms with Gasteiger partial charge < -0.3 is 14.9 Å². The predicted octanol–water partition coefficient (Wildman–Crippen LogP) is 2.02. The first-order valence-corrected chi connectivity index (χ1v) is 8.49. The highest BCUT2D eigenvalue weighted by atomic mass is 16.3. The lowest BCUT2D eigenvalue weighted by Crippen LogP contribution is -2.70. The Morgan fingerprint density at radius 3 is 2.44 bits per heavy atom. The van der Waals surface area contributed by atoms with Crippen molar-refractivity contribution in [3.8, 4) is 0 Å². The Balaban J connectivity index is 1.76. The van der Waals surface area contributed by atoms with Crippen molar-refractivity contribution in [1.29, 1.82) is 0 Å². The van der Waals surface area contributed by atoms with Crippen molar-refractivity contribution in [1.82, 2.24) is 4.90 Å². The van der Waals surface area contributed by atoms with Crippen LogP contribution in [0.3, 0.4) is 0 Å². The maximum atomic E-state index is 13.0. The Labute approximate surface area is 146 Å². The minimum Gasteiger partial charge on any atom is -0.394 e. The van der Waals surface area contributed by atoms with E-state index in [4.69, 9.17) is 0 Å². The lowest BCUT2D eigenvalue weighted by molar-refractivity contribution is -0.147. The molecule has 0 radical (unpaired) electrons. The number of hydrogen-bond acceptors (Lipinski definition) is 3. The minimum atomic E-state index is -0.211. The molecular formula is C20H20N2O3. The van der Waals surface area contributed by atoms with Crippen molar-refractivity contribution >= 4 is 17.5 Å². The van der Waals surface area contributed by atoms with E-state index in [1.54, 1.807) is 21.9 Å². The third-order valence-electron chi connectivity index (χ3n) is 5.32. The molecule has 2 aromatic rings. The summed E-state index contributed by atoms with van der Waals surface area (Å²) in [6, 6.07) is 16.7. The fourth-order valence-corrected chi connectivity index (χ4v) is 4.26. The second-order valence-corrected chi connectivity index (χ2v) is 6.61. The summed E-state index contributed by atoms with van der Waals surface area (Å²) in [6.07, 6.45) is 0. The van der Waals surface area contributed by atoms with Gasteiger partial charge in [-0.2, -0.15) is 0 Å². The molecule has 2 amide bonds. The molecule has 2 aromatic carbocycles. The molecule has 0 aromatic heterocycles. The van der Waals surface area contributed by atoms with Crippen LogP contribution in [0.15, 0.2) is 54.6 Å². The van der Waals surface area contributed by atoms with Crippen LogP contribution in [0.4, 0.5) is 5.69 Å². The molecule has 128 valence electrons. The van der Waals surface area contributed by atoms with Gasteiger partial charge in [0.2, 0.25) is 5.91 Å². The number of amides is 2. The second-order valence-electron chi connectivity index (χ2n) is 6.61. The first-order chi connectivity index (χ1) is 12.1. The van der Waals surface area contributed by atoms with Crippen LogP contribution < -0.4 is 4.90 Å². The van der Waals surface area contributed by atoms with Crippen LogP contribution in [-0.2, 0) is 4.79 Å². The van der Waals surface area contributed by atoms with Gasteiger partial charge in [0.15, 0.2) is 0 Å². The van der Waals surface area contributed by atoms with Crippen LogP contribution >= 0.6 is 0 Å². The van der Waals surface area contributed by atoms with Crippen molar-refractivity contribution < 1.29 is 14.7 Å². The number of aliphatic hydroxyl groups is 1. The van der Waals surface area contributed by atoms with Crippen molar-refractivity contribution in [3.63, 3.8) is 0 Å². The maximum Gasteiger partial charge on any atom is 0.258 e. The molecule has 1 saturated heterocycles. The van der Waals surface area contributed by atoms with E-state index in [1.165, 1.54) is 6.92 Å². The van der Waals surface area contributed by atoms with Gasteiger partial charge in [0.1, 0.15) is 0 Å². The first kappa shape index (κ1) is 15.8. The zero-order chi connectivity index (χ0) is 17.6. The molecule has 5 nitrogen and oxygen atoms in total. The molecule has 2 aliphatic rings. The van der Waals surface area contributed by atoms with Crippen LogP contribution in [0.25, 0.3) is 0 Å². The topological polar surface area (TPSA) is 60.9 Å². The number of aliphatic hydroxyl groups excluding tert-OH is 1. The summed E-state index contributed by atoms with van der Waals surface area (Å²) >= 11 is 0. The summed E-state index contributed by atoms with van der Waals surface area (Å²) in [5.74, 6) is -0.0563. The van der Waals surface area contributed by atoms with Gasteiger partial charge in [0.05, 0.1) is 18.7 Å². The van der Waals surface area contributed by atoms with Crippen LogP contribution in [0, 0.1) is 0 Å². The Bertz CT molecular complexity index is 821. The maximum absolute atomic E-state index is 13.0. The van der Waals surface area contributed by atoms with Crippen molar-refractivity contribution in [2.75, 3.05) is 18.1 Å². The lowest BCUT2D eigenvalue weighted by Gasteiger charge is -2.58. The normalized spacial score (nSPS) is 24.2. The predicted molar refractivity (Wildman–Crippen MR) is 94.5 cm³/mol. The molecule has 0 unspecified atom stereocenters. The quantitative estimate of drug-likeness (QED) is 0.913. The third-order valence-corrected chi connectivity index (χ3v) is 5.32. The van der Waals surface area contributed by atoms with Gasteiger partial charge in [-0.25, -0.2) is 0 Å². The largest absolute Gasteiger partial charge is 0.394 e. The standard InChI is InChI=1S/C20H20N2O3/c1-13(24)22-17-11-21(20(25)14-7-3-2-4-8-14)16-10-6-5-9-15(16)19(17)18(22)12-23/h2-10,17-19,23H,11-12H2,1H3/t17-,18-,19+/m1/s1. The molecular weight excluding hydrogens is 316 g/mol. The van der Waals surface area contributed by atoms with Crippen molar-refractivity contribution in [3.05, 3.63) is 65.7 Å². The summed E-state index contributed by atoms with van der Waals surface area (Å²) in [4.78, 5) is 28.5. The van der Waals surface area contributed by atoms with Gasteiger partial charge in [-0.15, -0.1) is 0 Å². The van der Waals surface area contributed by atoms with Gasteiger partial charge in [0, 0.05) is 30.6 Å². The zero-order valence-electron chi connectivity index (χ0n) is 14.0. The summed E-state index contributed by atoms with van der Waals surface area (Å²) in [6.45, 7) is 1.90. The first-order valence-electron chi connectivity index (χ1n) is 8.49. The third kappa shape index (κ3) is 2.35. The molecule has 1 N–H and O–H groups in total. The molecule has 5 heteroatoms. The van der Waals surface area contributed by atoms with Crippen LogP contribution in [-0.4, -0.2) is 47.1 Å². The fraction of sp³-hybridized carbons (Fsp3) is 0.300. The van der Waals surface area contributed by atoms with Crippen molar-refractivity contribution in [2.24, 2.45) is 0 Å². The summed E-state index contributed by atoms with van der Waals surface area (Å²) in [5.41, 5.74) is 2.53. The monoisotopic (exact) mass is 336 g/mol. The summed E-state index contributed by atoms with van der Waals surface area (Å²) in [7, 11) is 0. The number of rotatable bonds is 2. The zero-order valence-corrected chi connectivity index (χ0v) is 14.0. The van der Waals surface area contributed by atoms with Gasteiger partial charge in [-0.3, -0.25) is 9.59 Å². The van der Waals surface area contributed by atoms with E-state index in [-0.39, 0.29) is 36.4 Å². The number of carbonyl (C=O) groups is 2. The highest BCUT2D eigenvalue weighted by Gasteiger charge is 2.54. The molecule has 0 bridgehead atoms. The van der Waals surface area contributed by atoms with E-state index >= 15 is 0 Å². The average molecular weight is 336 g/mol. The van der Waals surface area contributed by atoms with Crippen LogP contribution in [0.5, 0.6) is 0 Å². The van der Waals surface area contributed by atoms with E-state index in [2.05, 4.69) is 0 Å². The number of benzene rings is 2. The van der Waals surface area contributed by atoms with E-state index < -0.39 is 0 Å². The van der Waals surface area contributed by atoms with Gasteiger partial charge >= 0.3 is 0 Å². The average Bonchev–Trinajstić information content (AvgIpc) is 2.62. The molecule has 4 rings (SSSR count). The molecule has 0 aliphatic carbocycles. The molecule has 1 fully saturated rings. The summed E-state index contributed by atoms with van der Waals surface area (Å²) < 4.78 is 0. The Morgan fingerprint density at radius 1 is 1.08 bits per heavy atom. The van der Waals surface area contributed by atoms with E-state index in [0.717, 1.165) is 11.3 Å². The molecule has 0 saturated carbocycles. The van der Waals surface area contributed by atoms with E-state index in [1.807, 2.05) is 42.5 Å². The number of para-hydroxylation sites is 1. The Kier molecular flexibility index (Phi) is 3.81. The SMILES string of the molecule is CC(=O)N1[C@H](CO)[C@H]2c3ccccc3N(C(=O)c3ccccc3)C[C@H]21. The second kappa shape index (κ2) is 6.01. The number of likely N-dealkylation sites (tertiary alicyclic amines) is 1. The van der Waals surface area contributed by atoms with E-state index in [0.29, 0.717) is 12.1 Å². The minimum absolute atomic E-state index is 0.0632. The lowest BCUT2D eigenvalue weighted by atomic mass is 9.72. The highest BCUT2D eigenvalue weighted by Crippen LogP contribution is 2.48. The molecule has 2 heterocycles. The van der Waals surface area contributed by atoms with Gasteiger partial charge in [-0.05, 0) is 23.8 Å². The molecule has 0 spiro atoms. The number of anilines is 1. The fourth-order valence-electron chi connectivity index (χ4n) is 4.26. The van der Waals surface area contributed by atoms with E-state index in [9.17, 15) is 14.7 Å². The number of carbonyl (C=O) groups excluding carboxylic acids is 2. The van der Waals surface area contributed by atoms with Crippen LogP contribution in [0.1, 0.15) is 28.8 Å². The summed E-state index contributed by atoms with van der Waals surface area (Å²) in [5, 5.41) is 9.75. The van der Waals surface area contributed by atoms with Gasteiger partial charge in [-0.1, -0.05) is 36.4 Å².